The molecular formula is C21H20BrNO2. The molecule has 128 valence electrons. The van der Waals surface area contributed by atoms with Crippen molar-refractivity contribution in [2.45, 2.75) is 20.8 Å². The average Bonchev–Trinajstić information content (AvgIpc) is 2.61. The van der Waals surface area contributed by atoms with Crippen LogP contribution in [0.5, 0.6) is 5.75 Å². The summed E-state index contributed by atoms with van der Waals surface area (Å²) in [7, 11) is 0. The molecule has 25 heavy (non-hydrogen) atoms. The zero-order valence-electron chi connectivity index (χ0n) is 14.5. The Labute approximate surface area is 156 Å². The van der Waals surface area contributed by atoms with Gasteiger partial charge in [-0.3, -0.25) is 4.79 Å². The van der Waals surface area contributed by atoms with Crippen LogP contribution >= 0.6 is 15.9 Å². The van der Waals surface area contributed by atoms with E-state index in [0.717, 1.165) is 43.4 Å². The normalized spacial score (nSPS) is 10.7. The lowest BCUT2D eigenvalue weighted by molar-refractivity contribution is -0.118. The number of benzene rings is 3. The fourth-order valence-electron chi connectivity index (χ4n) is 2.77. The molecule has 0 radical (unpaired) electrons. The molecule has 3 rings (SSSR count). The lowest BCUT2D eigenvalue weighted by atomic mass is 10.1. The third-order valence-corrected chi connectivity index (χ3v) is 5.57. The fraction of sp³-hybridized carbons (Fsp3) is 0.190. The first-order chi connectivity index (χ1) is 12.0. The highest BCUT2D eigenvalue weighted by Gasteiger charge is 2.11. The van der Waals surface area contributed by atoms with Crippen molar-refractivity contribution in [2.24, 2.45) is 0 Å². The van der Waals surface area contributed by atoms with E-state index in [9.17, 15) is 4.79 Å². The molecule has 0 fully saturated rings. The number of fused-ring (bicyclic) bond motifs is 1. The summed E-state index contributed by atoms with van der Waals surface area (Å²) in [5, 5.41) is 5.13. The maximum Gasteiger partial charge on any atom is 0.262 e. The third-order valence-electron chi connectivity index (χ3n) is 4.35. The van der Waals surface area contributed by atoms with Gasteiger partial charge < -0.3 is 10.1 Å². The van der Waals surface area contributed by atoms with Gasteiger partial charge in [-0.2, -0.15) is 0 Å². The third kappa shape index (κ3) is 3.85. The molecule has 0 saturated carbocycles. The molecule has 0 aromatic heterocycles. The van der Waals surface area contributed by atoms with Crippen LogP contribution in [0.2, 0.25) is 0 Å². The molecule has 1 N–H and O–H groups in total. The van der Waals surface area contributed by atoms with Crippen LogP contribution in [0, 0.1) is 20.8 Å². The van der Waals surface area contributed by atoms with E-state index in [1.54, 1.807) is 0 Å². The summed E-state index contributed by atoms with van der Waals surface area (Å²) in [6.45, 7) is 6.03. The van der Waals surface area contributed by atoms with Crippen molar-refractivity contribution in [3.05, 3.63) is 69.7 Å². The minimum absolute atomic E-state index is 0.0197. The molecule has 4 heteroatoms. The van der Waals surface area contributed by atoms with Crippen LogP contribution in [0.3, 0.4) is 0 Å². The van der Waals surface area contributed by atoms with E-state index in [1.807, 2.05) is 69.3 Å². The minimum Gasteiger partial charge on any atom is -0.483 e. The van der Waals surface area contributed by atoms with Crippen LogP contribution in [0.1, 0.15) is 16.7 Å². The first kappa shape index (κ1) is 17.5. The van der Waals surface area contributed by atoms with E-state index >= 15 is 0 Å². The van der Waals surface area contributed by atoms with E-state index in [0.29, 0.717) is 0 Å². The molecule has 0 heterocycles. The largest absolute Gasteiger partial charge is 0.483 e. The number of nitrogens with one attached hydrogen (secondary N) is 1. The van der Waals surface area contributed by atoms with Crippen molar-refractivity contribution in [1.29, 1.82) is 0 Å². The molecule has 0 unspecified atom stereocenters. The summed E-state index contributed by atoms with van der Waals surface area (Å²) in [6.07, 6.45) is 0. The molecule has 0 spiro atoms. The highest BCUT2D eigenvalue weighted by Crippen LogP contribution is 2.31. The molecule has 3 nitrogen and oxygen atoms in total. The van der Waals surface area contributed by atoms with Crippen molar-refractivity contribution >= 4 is 38.3 Å². The number of ether oxygens (including phenoxy) is 1. The van der Waals surface area contributed by atoms with Crippen molar-refractivity contribution in [1.82, 2.24) is 0 Å². The first-order valence-electron chi connectivity index (χ1n) is 8.13. The summed E-state index contributed by atoms with van der Waals surface area (Å²) < 4.78 is 6.82. The zero-order valence-corrected chi connectivity index (χ0v) is 16.1. The Bertz CT molecular complexity index is 950. The van der Waals surface area contributed by atoms with Gasteiger partial charge in [-0.15, -0.1) is 0 Å². The first-order valence-corrected chi connectivity index (χ1v) is 8.93. The number of hydrogen-bond donors (Lipinski definition) is 1. The van der Waals surface area contributed by atoms with E-state index in [1.165, 1.54) is 0 Å². The quantitative estimate of drug-likeness (QED) is 0.626. The van der Waals surface area contributed by atoms with Crippen LogP contribution in [0.4, 0.5) is 5.69 Å². The van der Waals surface area contributed by atoms with Gasteiger partial charge in [0.2, 0.25) is 0 Å². The Hall–Kier alpha value is -2.33. The number of halogens is 1. The molecule has 3 aromatic carbocycles. The molecule has 3 aromatic rings. The summed E-state index contributed by atoms with van der Waals surface area (Å²) >= 11 is 3.57. The number of carbonyl (C=O) groups is 1. The lowest BCUT2D eigenvalue weighted by Gasteiger charge is -2.14. The van der Waals surface area contributed by atoms with Gasteiger partial charge >= 0.3 is 0 Å². The van der Waals surface area contributed by atoms with E-state index < -0.39 is 0 Å². The van der Waals surface area contributed by atoms with Gasteiger partial charge in [0.25, 0.3) is 5.91 Å². The second-order valence-electron chi connectivity index (χ2n) is 6.15. The Morgan fingerprint density at radius 2 is 1.72 bits per heavy atom. The molecule has 1 amide bonds. The number of amides is 1. The van der Waals surface area contributed by atoms with Crippen molar-refractivity contribution in [2.75, 3.05) is 11.9 Å². The maximum absolute atomic E-state index is 12.2. The van der Waals surface area contributed by atoms with Crippen LogP contribution in [0.25, 0.3) is 10.8 Å². The van der Waals surface area contributed by atoms with Gasteiger partial charge in [-0.25, -0.2) is 0 Å². The van der Waals surface area contributed by atoms with E-state index in [4.69, 9.17) is 4.74 Å². The molecule has 0 aliphatic rings. The predicted octanol–water partition coefficient (Wildman–Crippen LogP) is 5.55. The number of hydrogen-bond acceptors (Lipinski definition) is 2. The van der Waals surface area contributed by atoms with Crippen LogP contribution in [-0.4, -0.2) is 12.5 Å². The minimum atomic E-state index is -0.173. The topological polar surface area (TPSA) is 38.3 Å². The van der Waals surface area contributed by atoms with Crippen molar-refractivity contribution < 1.29 is 9.53 Å². The average molecular weight is 398 g/mol. The highest BCUT2D eigenvalue weighted by molar-refractivity contribution is 9.10. The summed E-state index contributed by atoms with van der Waals surface area (Å²) in [5.74, 6) is 0.569. The summed E-state index contributed by atoms with van der Waals surface area (Å²) in [4.78, 5) is 12.2. The second-order valence-corrected chi connectivity index (χ2v) is 6.95. The summed E-state index contributed by atoms with van der Waals surface area (Å²) in [5.41, 5.74) is 4.03. The Morgan fingerprint density at radius 1 is 1.00 bits per heavy atom. The molecular weight excluding hydrogens is 378 g/mol. The molecule has 0 aliphatic carbocycles. The number of carbonyl (C=O) groups excluding carboxylic acids is 1. The smallest absolute Gasteiger partial charge is 0.262 e. The van der Waals surface area contributed by atoms with Gasteiger partial charge in [-0.05, 0) is 66.4 Å². The second kappa shape index (κ2) is 7.28. The van der Waals surface area contributed by atoms with Gasteiger partial charge in [0.05, 0.1) is 0 Å². The van der Waals surface area contributed by atoms with Crippen LogP contribution < -0.4 is 10.1 Å². The van der Waals surface area contributed by atoms with Crippen LogP contribution in [-0.2, 0) is 4.79 Å². The predicted molar refractivity (Wildman–Crippen MR) is 106 cm³/mol. The van der Waals surface area contributed by atoms with E-state index in [-0.39, 0.29) is 12.5 Å². The Morgan fingerprint density at radius 3 is 2.48 bits per heavy atom. The van der Waals surface area contributed by atoms with Gasteiger partial charge in [0.15, 0.2) is 6.61 Å². The fourth-order valence-corrected chi connectivity index (χ4v) is 3.18. The van der Waals surface area contributed by atoms with Crippen molar-refractivity contribution in [3.8, 4) is 5.75 Å². The van der Waals surface area contributed by atoms with E-state index in [2.05, 4.69) is 21.2 Å². The van der Waals surface area contributed by atoms with Gasteiger partial charge in [0, 0.05) is 10.2 Å². The monoisotopic (exact) mass is 397 g/mol. The number of aryl methyl sites for hydroxylation is 1. The van der Waals surface area contributed by atoms with Gasteiger partial charge in [-0.1, -0.05) is 46.3 Å². The van der Waals surface area contributed by atoms with Crippen molar-refractivity contribution in [3.63, 3.8) is 0 Å². The molecule has 0 saturated heterocycles. The lowest BCUT2D eigenvalue weighted by Crippen LogP contribution is -2.20. The molecule has 0 atom stereocenters. The highest BCUT2D eigenvalue weighted by atomic mass is 79.9. The number of rotatable bonds is 4. The maximum atomic E-state index is 12.2. The Kier molecular flexibility index (Phi) is 5.09. The standard InChI is InChI=1S/C21H20BrNO2/c1-13-10-19(14(2)15(3)21(13)22)25-12-20(24)23-18-9-8-16-6-4-5-7-17(16)11-18/h4-11H,12H2,1-3H3,(H,23,24). The Balaban J connectivity index is 1.68. The van der Waals surface area contributed by atoms with Gasteiger partial charge in [0.1, 0.15) is 5.75 Å². The van der Waals surface area contributed by atoms with Crippen LogP contribution in [0.15, 0.2) is 53.0 Å². The number of anilines is 1. The molecule has 0 aliphatic heterocycles. The zero-order chi connectivity index (χ0) is 18.0. The summed E-state index contributed by atoms with van der Waals surface area (Å²) in [6, 6.07) is 15.9. The molecule has 0 bridgehead atoms. The SMILES string of the molecule is Cc1cc(OCC(=O)Nc2ccc3ccccc3c2)c(C)c(C)c1Br.